The molecule has 0 N–H and O–H groups in total. The second-order valence-electron chi connectivity index (χ2n) is 6.88. The summed E-state index contributed by atoms with van der Waals surface area (Å²) in [5.41, 5.74) is -0.0478. The van der Waals surface area contributed by atoms with Crippen LogP contribution in [-0.4, -0.2) is 48.9 Å². The number of methoxy groups -OCH3 is 2. The number of rotatable bonds is 5. The summed E-state index contributed by atoms with van der Waals surface area (Å²) in [7, 11) is 2.29. The van der Waals surface area contributed by atoms with Crippen LogP contribution in [0.25, 0.3) is 27.2 Å². The van der Waals surface area contributed by atoms with Gasteiger partial charge in [0, 0.05) is 10.8 Å². The molecule has 32 heavy (non-hydrogen) atoms. The quantitative estimate of drug-likeness (QED) is 0.156. The van der Waals surface area contributed by atoms with Gasteiger partial charge in [-0.3, -0.25) is 4.79 Å². The van der Waals surface area contributed by atoms with Crippen molar-refractivity contribution in [1.82, 2.24) is 4.40 Å². The van der Waals surface area contributed by atoms with Crippen LogP contribution in [0.15, 0.2) is 48.5 Å². The SMILES string of the molecule is CCOC(=O)C(=O)c1c(C(=O)OC)c(C(=O)OC)n2c3ccccc3c3ccccc3c12. The molecule has 0 saturated heterocycles. The third-order valence-corrected chi connectivity index (χ3v) is 5.24. The summed E-state index contributed by atoms with van der Waals surface area (Å²) in [5, 5.41) is 2.13. The Hall–Kier alpha value is -4.20. The van der Waals surface area contributed by atoms with Crippen LogP contribution in [0.3, 0.4) is 0 Å². The Morgan fingerprint density at radius 2 is 1.38 bits per heavy atom. The van der Waals surface area contributed by atoms with Gasteiger partial charge in [-0.15, -0.1) is 0 Å². The normalized spacial score (nSPS) is 11.0. The number of benzene rings is 2. The molecule has 2 aromatic carbocycles. The van der Waals surface area contributed by atoms with E-state index >= 15 is 0 Å². The van der Waals surface area contributed by atoms with Gasteiger partial charge in [0.25, 0.3) is 5.78 Å². The fraction of sp³-hybridized carbons (Fsp3) is 0.167. The van der Waals surface area contributed by atoms with Crippen molar-refractivity contribution in [1.29, 1.82) is 0 Å². The number of hydrogen-bond donors (Lipinski definition) is 0. The lowest BCUT2D eigenvalue weighted by Crippen LogP contribution is -2.21. The minimum absolute atomic E-state index is 0.0303. The van der Waals surface area contributed by atoms with Crippen LogP contribution in [0.4, 0.5) is 0 Å². The van der Waals surface area contributed by atoms with E-state index in [1.165, 1.54) is 11.5 Å². The predicted molar refractivity (Wildman–Crippen MR) is 116 cm³/mol. The zero-order chi connectivity index (χ0) is 23.0. The molecule has 4 aromatic rings. The Balaban J connectivity index is 2.35. The van der Waals surface area contributed by atoms with E-state index in [1.807, 2.05) is 24.3 Å². The number of nitrogens with zero attached hydrogens (tertiary/aromatic N) is 1. The minimum Gasteiger partial charge on any atom is -0.465 e. The van der Waals surface area contributed by atoms with Crippen LogP contribution in [0.1, 0.15) is 38.1 Å². The molecule has 8 nitrogen and oxygen atoms in total. The molecule has 0 amide bonds. The highest BCUT2D eigenvalue weighted by Gasteiger charge is 2.37. The van der Waals surface area contributed by atoms with Crippen molar-refractivity contribution in [3.8, 4) is 0 Å². The molecule has 0 fully saturated rings. The van der Waals surface area contributed by atoms with Crippen LogP contribution >= 0.6 is 0 Å². The maximum atomic E-state index is 13.2. The molecule has 2 aromatic heterocycles. The summed E-state index contributed by atoms with van der Waals surface area (Å²) < 4.78 is 16.2. The molecule has 0 aliphatic heterocycles. The maximum Gasteiger partial charge on any atom is 0.379 e. The van der Waals surface area contributed by atoms with E-state index in [9.17, 15) is 19.2 Å². The second-order valence-corrected chi connectivity index (χ2v) is 6.88. The molecule has 162 valence electrons. The van der Waals surface area contributed by atoms with E-state index in [4.69, 9.17) is 14.2 Å². The number of ketones is 1. The number of ether oxygens (including phenoxy) is 3. The van der Waals surface area contributed by atoms with Gasteiger partial charge < -0.3 is 18.6 Å². The summed E-state index contributed by atoms with van der Waals surface area (Å²) in [6, 6.07) is 14.4. The molecule has 0 unspecified atom stereocenters. The third-order valence-electron chi connectivity index (χ3n) is 5.24. The van der Waals surface area contributed by atoms with E-state index < -0.39 is 23.7 Å². The predicted octanol–water partition coefficient (Wildman–Crippen LogP) is 3.56. The highest BCUT2D eigenvalue weighted by Crippen LogP contribution is 2.37. The van der Waals surface area contributed by atoms with Gasteiger partial charge in [0.15, 0.2) is 0 Å². The van der Waals surface area contributed by atoms with Crippen molar-refractivity contribution in [2.75, 3.05) is 20.8 Å². The lowest BCUT2D eigenvalue weighted by molar-refractivity contribution is -0.137. The Bertz CT molecular complexity index is 1430. The van der Waals surface area contributed by atoms with Crippen molar-refractivity contribution in [2.24, 2.45) is 0 Å². The van der Waals surface area contributed by atoms with E-state index in [0.717, 1.165) is 17.9 Å². The number of esters is 3. The molecule has 4 rings (SSSR count). The highest BCUT2D eigenvalue weighted by molar-refractivity contribution is 6.45. The summed E-state index contributed by atoms with van der Waals surface area (Å²) in [4.78, 5) is 51.5. The Morgan fingerprint density at radius 3 is 2.00 bits per heavy atom. The van der Waals surface area contributed by atoms with Crippen molar-refractivity contribution in [2.45, 2.75) is 6.92 Å². The lowest BCUT2D eigenvalue weighted by Gasteiger charge is -2.11. The number of Topliss-reactive ketones (excluding diaryl/α,β-unsaturated/α-hetero) is 1. The molecule has 0 aliphatic rings. The topological polar surface area (TPSA) is 100 Å². The number of para-hydroxylation sites is 1. The molecule has 0 spiro atoms. The number of carbonyl (C=O) groups is 4. The van der Waals surface area contributed by atoms with E-state index in [-0.39, 0.29) is 28.9 Å². The van der Waals surface area contributed by atoms with Gasteiger partial charge in [-0.2, -0.15) is 0 Å². The number of pyridine rings is 1. The smallest absolute Gasteiger partial charge is 0.379 e. The summed E-state index contributed by atoms with van der Waals surface area (Å²) in [6.45, 7) is 1.53. The van der Waals surface area contributed by atoms with Crippen LogP contribution in [0.5, 0.6) is 0 Å². The van der Waals surface area contributed by atoms with Crippen LogP contribution < -0.4 is 0 Å². The monoisotopic (exact) mass is 433 g/mol. The molecule has 0 saturated carbocycles. The fourth-order valence-electron chi connectivity index (χ4n) is 4.00. The number of aromatic nitrogens is 1. The van der Waals surface area contributed by atoms with Crippen molar-refractivity contribution in [3.05, 3.63) is 65.4 Å². The zero-order valence-electron chi connectivity index (χ0n) is 17.6. The first-order valence-corrected chi connectivity index (χ1v) is 9.82. The first-order chi connectivity index (χ1) is 15.5. The first-order valence-electron chi connectivity index (χ1n) is 9.82. The second kappa shape index (κ2) is 8.14. The standard InChI is InChI=1S/C24H19NO7/c1-4-32-24(29)21(26)17-18(22(27)30-2)20(23(28)31-3)25-16-12-8-7-10-14(16)13-9-5-6-11-15(13)19(17)25/h5-12H,4H2,1-3H3. The van der Waals surface area contributed by atoms with Gasteiger partial charge in [0.2, 0.25) is 0 Å². The van der Waals surface area contributed by atoms with Gasteiger partial charge in [-0.1, -0.05) is 42.5 Å². The molecule has 2 heterocycles. The van der Waals surface area contributed by atoms with Crippen LogP contribution in [0, 0.1) is 0 Å². The minimum atomic E-state index is -1.14. The number of fused-ring (bicyclic) bond motifs is 6. The third kappa shape index (κ3) is 2.99. The van der Waals surface area contributed by atoms with E-state index in [1.54, 1.807) is 31.2 Å². The van der Waals surface area contributed by atoms with E-state index in [2.05, 4.69) is 0 Å². The summed E-state index contributed by atoms with van der Waals surface area (Å²) in [5.74, 6) is -4.00. The zero-order valence-corrected chi connectivity index (χ0v) is 17.6. The van der Waals surface area contributed by atoms with Crippen molar-refractivity contribution < 1.29 is 33.4 Å². The molecule has 0 atom stereocenters. The number of hydrogen-bond acceptors (Lipinski definition) is 7. The van der Waals surface area contributed by atoms with Gasteiger partial charge in [0.05, 0.1) is 37.4 Å². The van der Waals surface area contributed by atoms with Crippen molar-refractivity contribution in [3.63, 3.8) is 0 Å². The average Bonchev–Trinajstić information content (AvgIpc) is 3.19. The lowest BCUT2D eigenvalue weighted by atomic mass is 10.00. The summed E-state index contributed by atoms with van der Waals surface area (Å²) in [6.07, 6.45) is 0. The highest BCUT2D eigenvalue weighted by atomic mass is 16.5. The maximum absolute atomic E-state index is 13.2. The Kier molecular flexibility index (Phi) is 5.36. The van der Waals surface area contributed by atoms with Gasteiger partial charge in [0.1, 0.15) is 11.3 Å². The van der Waals surface area contributed by atoms with Gasteiger partial charge >= 0.3 is 17.9 Å². The largest absolute Gasteiger partial charge is 0.465 e. The van der Waals surface area contributed by atoms with Crippen LogP contribution in [0.2, 0.25) is 0 Å². The molecule has 8 heteroatoms. The first kappa shape index (κ1) is 21.0. The Labute approximate surface area is 182 Å². The molecule has 0 aliphatic carbocycles. The molecule has 0 bridgehead atoms. The van der Waals surface area contributed by atoms with Gasteiger partial charge in [-0.25, -0.2) is 14.4 Å². The van der Waals surface area contributed by atoms with E-state index in [0.29, 0.717) is 10.9 Å². The average molecular weight is 433 g/mol. The summed E-state index contributed by atoms with van der Waals surface area (Å²) >= 11 is 0. The fourth-order valence-corrected chi connectivity index (χ4v) is 4.00. The Morgan fingerprint density at radius 1 is 0.781 bits per heavy atom. The van der Waals surface area contributed by atoms with Gasteiger partial charge in [-0.05, 0) is 18.4 Å². The number of carbonyl (C=O) groups excluding carboxylic acids is 4. The molecular formula is C24H19NO7. The van der Waals surface area contributed by atoms with Crippen molar-refractivity contribution >= 4 is 50.9 Å². The molecule has 0 radical (unpaired) electrons. The molecular weight excluding hydrogens is 414 g/mol. The van der Waals surface area contributed by atoms with Crippen LogP contribution in [-0.2, 0) is 19.0 Å².